The van der Waals surface area contributed by atoms with E-state index in [1.165, 1.54) is 25.9 Å². The Morgan fingerprint density at radius 2 is 1.29 bits per heavy atom. The van der Waals surface area contributed by atoms with Gasteiger partial charge in [0.25, 0.3) is 0 Å². The first-order chi connectivity index (χ1) is 6.56. The van der Waals surface area contributed by atoms with Gasteiger partial charge in [-0.2, -0.15) is 0 Å². The molecule has 0 radical (unpaired) electrons. The Labute approximate surface area is 94.8 Å². The second-order valence-corrected chi connectivity index (χ2v) is 5.27. The highest BCUT2D eigenvalue weighted by molar-refractivity contribution is 6.18. The minimum atomic E-state index is 0.760. The van der Waals surface area contributed by atoms with Gasteiger partial charge in [-0.1, -0.05) is 27.7 Å². The molecule has 0 unspecified atom stereocenters. The molecule has 0 heterocycles. The summed E-state index contributed by atoms with van der Waals surface area (Å²) in [6, 6.07) is 0. The van der Waals surface area contributed by atoms with Crippen molar-refractivity contribution < 1.29 is 0 Å². The maximum Gasteiger partial charge on any atom is 0.0351 e. The Hall–Kier alpha value is 0.250. The first-order valence-electron chi connectivity index (χ1n) is 5.84. The average Bonchev–Trinajstić information content (AvgIpc) is 2.09. The zero-order valence-corrected chi connectivity index (χ0v) is 11.0. The Balaban J connectivity index is 3.65. The summed E-state index contributed by atoms with van der Waals surface area (Å²) in [4.78, 5) is 2.49. The van der Waals surface area contributed by atoms with Gasteiger partial charge >= 0.3 is 0 Å². The predicted molar refractivity (Wildman–Crippen MR) is 66.1 cm³/mol. The largest absolute Gasteiger partial charge is 0.302 e. The Bertz CT molecular complexity index is 111. The lowest BCUT2D eigenvalue weighted by atomic mass is 10.1. The maximum atomic E-state index is 5.79. The highest BCUT2D eigenvalue weighted by Gasteiger charge is 2.06. The van der Waals surface area contributed by atoms with Crippen molar-refractivity contribution in [1.82, 2.24) is 4.90 Å². The van der Waals surface area contributed by atoms with Gasteiger partial charge in [0.1, 0.15) is 0 Å². The van der Waals surface area contributed by atoms with Crippen LogP contribution in [0, 0.1) is 11.8 Å². The van der Waals surface area contributed by atoms with Crippen LogP contribution < -0.4 is 0 Å². The fourth-order valence-corrected chi connectivity index (χ4v) is 1.58. The van der Waals surface area contributed by atoms with E-state index >= 15 is 0 Å². The smallest absolute Gasteiger partial charge is 0.0351 e. The normalized spacial score (nSPS) is 12.0. The fourth-order valence-electron chi connectivity index (χ4n) is 1.34. The molecule has 0 rings (SSSR count). The lowest BCUT2D eigenvalue weighted by Crippen LogP contribution is -2.29. The summed E-state index contributed by atoms with van der Waals surface area (Å²) in [5.74, 6) is 2.36. The molecule has 14 heavy (non-hydrogen) atoms. The molecule has 1 nitrogen and oxygen atoms in total. The van der Waals surface area contributed by atoms with Gasteiger partial charge in [0.05, 0.1) is 0 Å². The number of halogens is 1. The molecule has 0 atom stereocenters. The Morgan fingerprint density at radius 1 is 0.857 bits per heavy atom. The van der Waals surface area contributed by atoms with Crippen molar-refractivity contribution in [3.63, 3.8) is 0 Å². The summed E-state index contributed by atoms with van der Waals surface area (Å²) < 4.78 is 0. The second kappa shape index (κ2) is 8.55. The first-order valence-corrected chi connectivity index (χ1v) is 6.38. The van der Waals surface area contributed by atoms with Crippen molar-refractivity contribution in [2.45, 2.75) is 40.5 Å². The predicted octanol–water partition coefficient (Wildman–Crippen LogP) is 3.62. The molecule has 0 fully saturated rings. The maximum absolute atomic E-state index is 5.79. The van der Waals surface area contributed by atoms with Crippen LogP contribution >= 0.6 is 11.6 Å². The van der Waals surface area contributed by atoms with Crippen molar-refractivity contribution in [3.8, 4) is 0 Å². The van der Waals surface area contributed by atoms with Crippen LogP contribution in [-0.2, 0) is 0 Å². The van der Waals surface area contributed by atoms with Crippen LogP contribution in [0.5, 0.6) is 0 Å². The average molecular weight is 220 g/mol. The van der Waals surface area contributed by atoms with E-state index in [2.05, 4.69) is 32.6 Å². The van der Waals surface area contributed by atoms with Crippen molar-refractivity contribution >= 4 is 11.6 Å². The number of nitrogens with zero attached hydrogens (tertiary/aromatic N) is 1. The van der Waals surface area contributed by atoms with Crippen molar-refractivity contribution in [1.29, 1.82) is 0 Å². The lowest BCUT2D eigenvalue weighted by molar-refractivity contribution is 0.256. The monoisotopic (exact) mass is 219 g/mol. The molecule has 0 aliphatic rings. The van der Waals surface area contributed by atoms with Crippen LogP contribution in [-0.4, -0.2) is 30.4 Å². The van der Waals surface area contributed by atoms with E-state index < -0.39 is 0 Å². The number of hydrogen-bond donors (Lipinski definition) is 0. The summed E-state index contributed by atoms with van der Waals surface area (Å²) in [7, 11) is 0. The van der Waals surface area contributed by atoms with Gasteiger partial charge in [0, 0.05) is 12.4 Å². The zero-order valence-electron chi connectivity index (χ0n) is 10.2. The molecule has 0 saturated carbocycles. The van der Waals surface area contributed by atoms with E-state index in [0.717, 1.165) is 24.3 Å². The van der Waals surface area contributed by atoms with Gasteiger partial charge in [0.2, 0.25) is 0 Å². The third-order valence-corrected chi connectivity index (χ3v) is 2.62. The van der Waals surface area contributed by atoms with E-state index in [0.29, 0.717) is 0 Å². The van der Waals surface area contributed by atoms with E-state index in [9.17, 15) is 0 Å². The molecular weight excluding hydrogens is 194 g/mol. The molecule has 0 aromatic heterocycles. The van der Waals surface area contributed by atoms with Crippen molar-refractivity contribution in [3.05, 3.63) is 0 Å². The lowest BCUT2D eigenvalue weighted by Gasteiger charge is -2.23. The van der Waals surface area contributed by atoms with E-state index in [1.54, 1.807) is 0 Å². The first kappa shape index (κ1) is 14.2. The molecule has 86 valence electrons. The summed E-state index contributed by atoms with van der Waals surface area (Å²) >= 11 is 5.79. The summed E-state index contributed by atoms with van der Waals surface area (Å²) in [6.45, 7) is 12.6. The fraction of sp³-hybridized carbons (Fsp3) is 1.00. The Morgan fingerprint density at radius 3 is 1.57 bits per heavy atom. The van der Waals surface area contributed by atoms with Crippen LogP contribution in [0.2, 0.25) is 0 Å². The number of hydrogen-bond acceptors (Lipinski definition) is 1. The molecule has 2 heteroatoms. The van der Waals surface area contributed by atoms with Crippen LogP contribution in [0.4, 0.5) is 0 Å². The molecule has 0 spiro atoms. The molecule has 0 aliphatic carbocycles. The number of alkyl halides is 1. The molecular formula is C12H26ClN. The third-order valence-electron chi connectivity index (χ3n) is 2.45. The standard InChI is InChI=1S/C12H26ClN/c1-11(2)5-8-14(10-7-13)9-6-12(3)4/h11-12H,5-10H2,1-4H3. The van der Waals surface area contributed by atoms with Crippen LogP contribution in [0.1, 0.15) is 40.5 Å². The van der Waals surface area contributed by atoms with E-state index in [4.69, 9.17) is 11.6 Å². The van der Waals surface area contributed by atoms with E-state index in [1.807, 2.05) is 0 Å². The third kappa shape index (κ3) is 8.83. The zero-order chi connectivity index (χ0) is 11.0. The van der Waals surface area contributed by atoms with Gasteiger partial charge in [-0.3, -0.25) is 0 Å². The minimum Gasteiger partial charge on any atom is -0.302 e. The minimum absolute atomic E-state index is 0.760. The van der Waals surface area contributed by atoms with Gasteiger partial charge in [-0.15, -0.1) is 11.6 Å². The summed E-state index contributed by atoms with van der Waals surface area (Å²) in [5.41, 5.74) is 0. The quantitative estimate of drug-likeness (QED) is 0.564. The molecule has 0 amide bonds. The number of rotatable bonds is 8. The van der Waals surface area contributed by atoms with Crippen LogP contribution in [0.3, 0.4) is 0 Å². The highest BCUT2D eigenvalue weighted by atomic mass is 35.5. The molecule has 0 aromatic carbocycles. The second-order valence-electron chi connectivity index (χ2n) is 4.90. The van der Waals surface area contributed by atoms with Gasteiger partial charge < -0.3 is 4.90 Å². The van der Waals surface area contributed by atoms with Crippen LogP contribution in [0.25, 0.3) is 0 Å². The molecule has 0 saturated heterocycles. The van der Waals surface area contributed by atoms with Crippen LogP contribution in [0.15, 0.2) is 0 Å². The molecule has 0 aliphatic heterocycles. The summed E-state index contributed by atoms with van der Waals surface area (Å²) in [5, 5.41) is 0. The van der Waals surface area contributed by atoms with E-state index in [-0.39, 0.29) is 0 Å². The SMILES string of the molecule is CC(C)CCN(CCCl)CCC(C)C. The molecule has 0 bridgehead atoms. The Kier molecular flexibility index (Phi) is 8.70. The molecule has 0 N–H and O–H groups in total. The highest BCUT2D eigenvalue weighted by Crippen LogP contribution is 2.06. The van der Waals surface area contributed by atoms with Gasteiger partial charge in [-0.25, -0.2) is 0 Å². The summed E-state index contributed by atoms with van der Waals surface area (Å²) in [6.07, 6.45) is 2.57. The van der Waals surface area contributed by atoms with Gasteiger partial charge in [0.15, 0.2) is 0 Å². The topological polar surface area (TPSA) is 3.24 Å². The van der Waals surface area contributed by atoms with Crippen molar-refractivity contribution in [2.75, 3.05) is 25.5 Å². The molecule has 0 aromatic rings. The van der Waals surface area contributed by atoms with Crippen molar-refractivity contribution in [2.24, 2.45) is 11.8 Å². The van der Waals surface area contributed by atoms with Gasteiger partial charge in [-0.05, 0) is 37.8 Å².